The van der Waals surface area contributed by atoms with Crippen LogP contribution in [0.4, 0.5) is 0 Å². The Morgan fingerprint density at radius 3 is 2.27 bits per heavy atom. The molecule has 4 heteroatoms. The molecule has 15 heavy (non-hydrogen) atoms. The van der Waals surface area contributed by atoms with Gasteiger partial charge in [-0.2, -0.15) is 0 Å². The van der Waals surface area contributed by atoms with Gasteiger partial charge in [-0.25, -0.2) is 0 Å². The summed E-state index contributed by atoms with van der Waals surface area (Å²) in [5.41, 5.74) is 6.84. The van der Waals surface area contributed by atoms with Crippen LogP contribution in [-0.4, -0.2) is 20.3 Å². The molecule has 1 aromatic carbocycles. The molecule has 0 aliphatic heterocycles. The molecule has 3 nitrogen and oxygen atoms in total. The highest BCUT2D eigenvalue weighted by molar-refractivity contribution is 9.10. The summed E-state index contributed by atoms with van der Waals surface area (Å²) in [4.78, 5) is 0. The third-order valence-electron chi connectivity index (χ3n) is 2.13. The van der Waals surface area contributed by atoms with Crippen LogP contribution in [0.2, 0.25) is 0 Å². The van der Waals surface area contributed by atoms with Gasteiger partial charge < -0.3 is 15.2 Å². The van der Waals surface area contributed by atoms with Gasteiger partial charge >= 0.3 is 0 Å². The molecule has 84 valence electrons. The Bertz CT molecular complexity index is 340. The summed E-state index contributed by atoms with van der Waals surface area (Å²) in [7, 11) is 3.29. The second kappa shape index (κ2) is 5.37. The predicted octanol–water partition coefficient (Wildman–Crippen LogP) is 2.36. The molecule has 0 heterocycles. The van der Waals surface area contributed by atoms with Gasteiger partial charge in [0.15, 0.2) is 0 Å². The Labute approximate surface area is 98.7 Å². The molecule has 0 fully saturated rings. The van der Waals surface area contributed by atoms with Gasteiger partial charge in [0.05, 0.1) is 18.7 Å². The first-order valence-corrected chi connectivity index (χ1v) is 5.54. The normalized spacial score (nSPS) is 12.3. The summed E-state index contributed by atoms with van der Waals surface area (Å²) >= 11 is 3.50. The topological polar surface area (TPSA) is 44.5 Å². The Kier molecular flexibility index (Phi) is 4.42. The van der Waals surface area contributed by atoms with Crippen LogP contribution in [0.5, 0.6) is 11.5 Å². The van der Waals surface area contributed by atoms with Crippen LogP contribution < -0.4 is 15.2 Å². The molecule has 0 radical (unpaired) electrons. The van der Waals surface area contributed by atoms with E-state index in [1.54, 1.807) is 14.2 Å². The number of hydrogen-bond donors (Lipinski definition) is 1. The molecule has 0 saturated heterocycles. The molecule has 0 aromatic heterocycles. The average molecular weight is 274 g/mol. The van der Waals surface area contributed by atoms with Gasteiger partial charge in [0, 0.05) is 11.6 Å². The number of halogens is 1. The standard InChI is InChI=1S/C11H16BrNO2/c1-7(13)6-8-9(14-2)4-5-10(15-3)11(8)12/h4-5,7H,6,13H2,1-3H3. The molecule has 0 aliphatic carbocycles. The SMILES string of the molecule is COc1ccc(OC)c(CC(C)N)c1Br. The van der Waals surface area contributed by atoms with E-state index in [9.17, 15) is 0 Å². The number of benzene rings is 1. The lowest BCUT2D eigenvalue weighted by Crippen LogP contribution is -2.18. The summed E-state index contributed by atoms with van der Waals surface area (Å²) in [5, 5.41) is 0. The number of nitrogens with two attached hydrogens (primary N) is 1. The van der Waals surface area contributed by atoms with Gasteiger partial charge in [-0.3, -0.25) is 0 Å². The van der Waals surface area contributed by atoms with Crippen LogP contribution in [0, 0.1) is 0 Å². The third kappa shape index (κ3) is 2.86. The minimum atomic E-state index is 0.0855. The lowest BCUT2D eigenvalue weighted by atomic mass is 10.1. The third-order valence-corrected chi connectivity index (χ3v) is 3.00. The smallest absolute Gasteiger partial charge is 0.133 e. The summed E-state index contributed by atoms with van der Waals surface area (Å²) in [6.07, 6.45) is 0.751. The van der Waals surface area contributed by atoms with Crippen LogP contribution in [0.1, 0.15) is 12.5 Å². The van der Waals surface area contributed by atoms with Gasteiger partial charge in [-0.05, 0) is 41.4 Å². The van der Waals surface area contributed by atoms with Crippen molar-refractivity contribution in [3.8, 4) is 11.5 Å². The van der Waals surface area contributed by atoms with E-state index in [0.717, 1.165) is 28.0 Å². The molecule has 0 saturated carbocycles. The fourth-order valence-corrected chi connectivity index (χ4v) is 2.09. The molecule has 0 amide bonds. The molecule has 1 unspecified atom stereocenters. The van der Waals surface area contributed by atoms with Gasteiger partial charge in [-0.15, -0.1) is 0 Å². The number of methoxy groups -OCH3 is 2. The Balaban J connectivity index is 3.16. The van der Waals surface area contributed by atoms with Crippen LogP contribution in [0.25, 0.3) is 0 Å². The van der Waals surface area contributed by atoms with Gasteiger partial charge in [0.1, 0.15) is 11.5 Å². The summed E-state index contributed by atoms with van der Waals surface area (Å²) < 4.78 is 11.4. The highest BCUT2D eigenvalue weighted by atomic mass is 79.9. The van der Waals surface area contributed by atoms with Crippen molar-refractivity contribution in [2.45, 2.75) is 19.4 Å². The number of hydrogen-bond acceptors (Lipinski definition) is 3. The zero-order valence-corrected chi connectivity index (χ0v) is 10.8. The van der Waals surface area contributed by atoms with Crippen molar-refractivity contribution in [2.24, 2.45) is 5.73 Å². The zero-order valence-electron chi connectivity index (χ0n) is 9.21. The van der Waals surface area contributed by atoms with E-state index in [1.807, 2.05) is 19.1 Å². The Morgan fingerprint density at radius 2 is 1.80 bits per heavy atom. The first-order valence-electron chi connectivity index (χ1n) is 4.75. The fraction of sp³-hybridized carbons (Fsp3) is 0.455. The Hall–Kier alpha value is -0.740. The van der Waals surface area contributed by atoms with E-state index in [1.165, 1.54) is 0 Å². The minimum absolute atomic E-state index is 0.0855. The highest BCUT2D eigenvalue weighted by Crippen LogP contribution is 2.35. The molecule has 2 N–H and O–H groups in total. The predicted molar refractivity (Wildman–Crippen MR) is 64.6 cm³/mol. The summed E-state index contributed by atoms with van der Waals surface area (Å²) in [5.74, 6) is 1.63. The maximum absolute atomic E-state index is 5.79. The summed E-state index contributed by atoms with van der Waals surface area (Å²) in [6.45, 7) is 1.96. The van der Waals surface area contributed by atoms with Crippen LogP contribution >= 0.6 is 15.9 Å². The maximum Gasteiger partial charge on any atom is 0.133 e. The van der Waals surface area contributed by atoms with E-state index in [2.05, 4.69) is 15.9 Å². The number of ether oxygens (including phenoxy) is 2. The van der Waals surface area contributed by atoms with Crippen molar-refractivity contribution >= 4 is 15.9 Å². The zero-order chi connectivity index (χ0) is 11.4. The van der Waals surface area contributed by atoms with Crippen molar-refractivity contribution in [3.63, 3.8) is 0 Å². The van der Waals surface area contributed by atoms with E-state index in [0.29, 0.717) is 0 Å². The maximum atomic E-state index is 5.79. The minimum Gasteiger partial charge on any atom is -0.496 e. The molecular formula is C11H16BrNO2. The van der Waals surface area contributed by atoms with Crippen molar-refractivity contribution < 1.29 is 9.47 Å². The van der Waals surface area contributed by atoms with Crippen molar-refractivity contribution in [2.75, 3.05) is 14.2 Å². The lowest BCUT2D eigenvalue weighted by Gasteiger charge is -2.15. The van der Waals surface area contributed by atoms with E-state index in [4.69, 9.17) is 15.2 Å². The molecular weight excluding hydrogens is 258 g/mol. The van der Waals surface area contributed by atoms with Crippen molar-refractivity contribution in [1.29, 1.82) is 0 Å². The van der Waals surface area contributed by atoms with Crippen LogP contribution in [0.15, 0.2) is 16.6 Å². The molecule has 0 spiro atoms. The largest absolute Gasteiger partial charge is 0.496 e. The second-order valence-corrected chi connectivity index (χ2v) is 4.24. The molecule has 1 rings (SSSR count). The molecule has 1 aromatic rings. The Morgan fingerprint density at radius 1 is 1.27 bits per heavy atom. The first kappa shape index (κ1) is 12.3. The van der Waals surface area contributed by atoms with E-state index in [-0.39, 0.29) is 6.04 Å². The highest BCUT2D eigenvalue weighted by Gasteiger charge is 2.13. The monoisotopic (exact) mass is 273 g/mol. The number of rotatable bonds is 4. The fourth-order valence-electron chi connectivity index (χ4n) is 1.44. The van der Waals surface area contributed by atoms with Crippen LogP contribution in [-0.2, 0) is 6.42 Å². The first-order chi connectivity index (χ1) is 7.10. The molecule has 1 atom stereocenters. The van der Waals surface area contributed by atoms with Gasteiger partial charge in [-0.1, -0.05) is 0 Å². The van der Waals surface area contributed by atoms with Gasteiger partial charge in [0.2, 0.25) is 0 Å². The van der Waals surface area contributed by atoms with Crippen molar-refractivity contribution in [3.05, 3.63) is 22.2 Å². The van der Waals surface area contributed by atoms with E-state index >= 15 is 0 Å². The lowest BCUT2D eigenvalue weighted by molar-refractivity contribution is 0.395. The van der Waals surface area contributed by atoms with Crippen molar-refractivity contribution in [1.82, 2.24) is 0 Å². The van der Waals surface area contributed by atoms with Gasteiger partial charge in [0.25, 0.3) is 0 Å². The van der Waals surface area contributed by atoms with Crippen LogP contribution in [0.3, 0.4) is 0 Å². The summed E-state index contributed by atoms with van der Waals surface area (Å²) in [6, 6.07) is 3.84. The molecule has 0 bridgehead atoms. The van der Waals surface area contributed by atoms with E-state index < -0.39 is 0 Å². The average Bonchev–Trinajstić information content (AvgIpc) is 2.20. The quantitative estimate of drug-likeness (QED) is 0.916. The molecule has 0 aliphatic rings. The second-order valence-electron chi connectivity index (χ2n) is 3.44.